The van der Waals surface area contributed by atoms with Gasteiger partial charge in [0.15, 0.2) is 0 Å². The van der Waals surface area contributed by atoms with Gasteiger partial charge in [-0.15, -0.1) is 0 Å². The lowest BCUT2D eigenvalue weighted by atomic mass is 10.2. The van der Waals surface area contributed by atoms with Crippen LogP contribution in [0.1, 0.15) is 5.56 Å². The van der Waals surface area contributed by atoms with Crippen LogP contribution < -0.4 is 16.4 Å². The minimum atomic E-state index is -0.475. The zero-order valence-electron chi connectivity index (χ0n) is 10.7. The normalized spacial score (nSPS) is 10.0. The van der Waals surface area contributed by atoms with E-state index in [0.717, 1.165) is 4.47 Å². The molecule has 2 rings (SSSR count). The minimum Gasteiger partial charge on any atom is -0.389 e. The Morgan fingerprint density at radius 2 is 1.81 bits per heavy atom. The van der Waals surface area contributed by atoms with Crippen molar-refractivity contribution in [3.8, 4) is 0 Å². The van der Waals surface area contributed by atoms with Crippen LogP contribution in [0.2, 0.25) is 0 Å². The molecule has 0 radical (unpaired) electrons. The molecule has 4 N–H and O–H groups in total. The van der Waals surface area contributed by atoms with Gasteiger partial charge in [-0.3, -0.25) is 0 Å². The zero-order chi connectivity index (χ0) is 15.4. The molecule has 2 amide bonds. The van der Waals surface area contributed by atoms with Crippen LogP contribution in [0.5, 0.6) is 0 Å². The molecule has 0 spiro atoms. The molecule has 0 aliphatic heterocycles. The van der Waals surface area contributed by atoms with Crippen LogP contribution in [0.15, 0.2) is 46.9 Å². The van der Waals surface area contributed by atoms with Crippen molar-refractivity contribution in [2.75, 3.05) is 10.6 Å². The van der Waals surface area contributed by atoms with Gasteiger partial charge < -0.3 is 16.4 Å². The molecule has 108 valence electrons. The van der Waals surface area contributed by atoms with E-state index in [4.69, 9.17) is 18.0 Å². The summed E-state index contributed by atoms with van der Waals surface area (Å²) in [4.78, 5) is 12.1. The predicted molar refractivity (Wildman–Crippen MR) is 89.1 cm³/mol. The lowest BCUT2D eigenvalue weighted by molar-refractivity contribution is 0.262. The molecule has 0 bridgehead atoms. The number of benzene rings is 2. The Bertz CT molecular complexity index is 691. The van der Waals surface area contributed by atoms with E-state index in [1.807, 2.05) is 0 Å². The van der Waals surface area contributed by atoms with Crippen LogP contribution in [0.25, 0.3) is 0 Å². The van der Waals surface area contributed by atoms with E-state index in [1.54, 1.807) is 18.2 Å². The van der Waals surface area contributed by atoms with Crippen molar-refractivity contribution in [3.63, 3.8) is 0 Å². The molecule has 0 saturated heterocycles. The summed E-state index contributed by atoms with van der Waals surface area (Å²) >= 11 is 8.25. The second-order valence-electron chi connectivity index (χ2n) is 4.14. The number of nitrogens with one attached hydrogen (secondary N) is 2. The summed E-state index contributed by atoms with van der Waals surface area (Å²) in [6.45, 7) is 0. The van der Waals surface area contributed by atoms with E-state index >= 15 is 0 Å². The summed E-state index contributed by atoms with van der Waals surface area (Å²) in [5.41, 5.74) is 7.13. The number of nitrogens with two attached hydrogens (primary N) is 1. The van der Waals surface area contributed by atoms with Gasteiger partial charge in [0.05, 0.1) is 5.69 Å². The number of anilines is 2. The summed E-state index contributed by atoms with van der Waals surface area (Å²) in [5.74, 6) is -0.372. The first-order valence-corrected chi connectivity index (χ1v) is 7.09. The van der Waals surface area contributed by atoms with Crippen LogP contribution in [0.3, 0.4) is 0 Å². The third kappa shape index (κ3) is 4.24. The van der Waals surface area contributed by atoms with Crippen molar-refractivity contribution in [2.24, 2.45) is 5.73 Å². The molecule has 0 aliphatic rings. The van der Waals surface area contributed by atoms with Crippen molar-refractivity contribution < 1.29 is 9.18 Å². The third-order valence-corrected chi connectivity index (χ3v) is 3.31. The maximum atomic E-state index is 12.8. The van der Waals surface area contributed by atoms with Gasteiger partial charge in [-0.1, -0.05) is 28.1 Å². The van der Waals surface area contributed by atoms with Crippen LogP contribution >= 0.6 is 28.1 Å². The van der Waals surface area contributed by atoms with Gasteiger partial charge in [0, 0.05) is 15.7 Å². The van der Waals surface area contributed by atoms with Crippen molar-refractivity contribution in [3.05, 3.63) is 58.3 Å². The maximum Gasteiger partial charge on any atom is 0.323 e. The zero-order valence-corrected chi connectivity index (χ0v) is 13.1. The molecule has 0 aliphatic carbocycles. The largest absolute Gasteiger partial charge is 0.389 e. The van der Waals surface area contributed by atoms with Crippen LogP contribution in [0.4, 0.5) is 20.6 Å². The number of thiocarbonyl (C=S) groups is 1. The smallest absolute Gasteiger partial charge is 0.323 e. The Balaban J connectivity index is 2.14. The maximum absolute atomic E-state index is 12.8. The van der Waals surface area contributed by atoms with Gasteiger partial charge in [0.2, 0.25) is 0 Å². The molecule has 0 unspecified atom stereocenters. The fourth-order valence-corrected chi connectivity index (χ4v) is 2.19. The van der Waals surface area contributed by atoms with E-state index in [1.165, 1.54) is 24.3 Å². The number of halogens is 2. The Kier molecular flexibility index (Phi) is 4.87. The van der Waals surface area contributed by atoms with Crippen LogP contribution in [-0.4, -0.2) is 11.0 Å². The number of rotatable bonds is 3. The summed E-state index contributed by atoms with van der Waals surface area (Å²) in [6.07, 6.45) is 0. The summed E-state index contributed by atoms with van der Waals surface area (Å²) < 4.78 is 13.6. The molecule has 2 aromatic carbocycles. The van der Waals surface area contributed by atoms with Gasteiger partial charge in [-0.25, -0.2) is 9.18 Å². The van der Waals surface area contributed by atoms with Crippen LogP contribution in [0, 0.1) is 5.82 Å². The third-order valence-electron chi connectivity index (χ3n) is 2.60. The number of carbonyl (C=O) groups excluding carboxylic acids is 1. The van der Waals surface area contributed by atoms with Crippen LogP contribution in [-0.2, 0) is 0 Å². The quantitative estimate of drug-likeness (QED) is 0.721. The molecule has 0 saturated carbocycles. The van der Waals surface area contributed by atoms with E-state index in [-0.39, 0.29) is 10.8 Å². The van der Waals surface area contributed by atoms with E-state index < -0.39 is 6.03 Å². The summed E-state index contributed by atoms with van der Waals surface area (Å²) in [7, 11) is 0. The first-order valence-electron chi connectivity index (χ1n) is 5.88. The Hall–Kier alpha value is -1.99. The van der Waals surface area contributed by atoms with Gasteiger partial charge in [-0.2, -0.15) is 0 Å². The highest BCUT2D eigenvalue weighted by atomic mass is 79.9. The van der Waals surface area contributed by atoms with Gasteiger partial charge in [-0.05, 0) is 42.5 Å². The average molecular weight is 368 g/mol. The number of urea groups is 1. The monoisotopic (exact) mass is 367 g/mol. The SMILES string of the molecule is NC(=S)c1ccc(Br)cc1NC(=O)Nc1ccc(F)cc1. The molecular formula is C14H11BrFN3OS. The van der Waals surface area contributed by atoms with Gasteiger partial charge in [0.1, 0.15) is 10.8 Å². The molecule has 0 fully saturated rings. The highest BCUT2D eigenvalue weighted by molar-refractivity contribution is 9.10. The molecule has 0 heterocycles. The Labute approximate surface area is 134 Å². The molecule has 21 heavy (non-hydrogen) atoms. The fraction of sp³-hybridized carbons (Fsp3) is 0. The Morgan fingerprint density at radius 3 is 2.43 bits per heavy atom. The predicted octanol–water partition coefficient (Wildman–Crippen LogP) is 3.87. The van der Waals surface area contributed by atoms with Crippen molar-refractivity contribution in [1.29, 1.82) is 0 Å². The first kappa shape index (κ1) is 15.4. The minimum absolute atomic E-state index is 0.180. The topological polar surface area (TPSA) is 67.1 Å². The molecule has 0 atom stereocenters. The van der Waals surface area contributed by atoms with E-state index in [2.05, 4.69) is 26.6 Å². The highest BCUT2D eigenvalue weighted by Gasteiger charge is 2.09. The molecule has 7 heteroatoms. The highest BCUT2D eigenvalue weighted by Crippen LogP contribution is 2.22. The molecular weight excluding hydrogens is 357 g/mol. The molecule has 2 aromatic rings. The van der Waals surface area contributed by atoms with E-state index in [0.29, 0.717) is 16.9 Å². The Morgan fingerprint density at radius 1 is 1.14 bits per heavy atom. The first-order chi connectivity index (χ1) is 9.95. The number of hydrogen-bond acceptors (Lipinski definition) is 2. The molecule has 4 nitrogen and oxygen atoms in total. The number of amides is 2. The van der Waals surface area contributed by atoms with Crippen molar-refractivity contribution in [1.82, 2.24) is 0 Å². The van der Waals surface area contributed by atoms with E-state index in [9.17, 15) is 9.18 Å². The van der Waals surface area contributed by atoms with Gasteiger partial charge >= 0.3 is 6.03 Å². The van der Waals surface area contributed by atoms with Crippen molar-refractivity contribution in [2.45, 2.75) is 0 Å². The fourth-order valence-electron chi connectivity index (χ4n) is 1.65. The lowest BCUT2D eigenvalue weighted by Gasteiger charge is -2.11. The van der Waals surface area contributed by atoms with Crippen molar-refractivity contribution >= 4 is 50.5 Å². The number of carbonyl (C=O) groups is 1. The van der Waals surface area contributed by atoms with Gasteiger partial charge in [0.25, 0.3) is 0 Å². The second-order valence-corrected chi connectivity index (χ2v) is 5.50. The molecule has 0 aromatic heterocycles. The number of hydrogen-bond donors (Lipinski definition) is 3. The summed E-state index contributed by atoms with van der Waals surface area (Å²) in [6, 6.07) is 10.1. The lowest BCUT2D eigenvalue weighted by Crippen LogP contribution is -2.22. The average Bonchev–Trinajstić information content (AvgIpc) is 2.41. The second kappa shape index (κ2) is 6.64. The summed E-state index contributed by atoms with van der Waals surface area (Å²) in [5, 5.41) is 5.24. The standard InChI is InChI=1S/C14H11BrFN3OS/c15-8-1-6-11(13(17)21)12(7-8)19-14(20)18-10-4-2-9(16)3-5-10/h1-7H,(H2,17,21)(H2,18,19,20).